The maximum absolute atomic E-state index is 13.3. The van der Waals surface area contributed by atoms with Crippen LogP contribution in [0.2, 0.25) is 0 Å². The number of carbonyl (C=O) groups is 1. The summed E-state index contributed by atoms with van der Waals surface area (Å²) in [5.41, 5.74) is 1.01. The molecule has 0 saturated carbocycles. The van der Waals surface area contributed by atoms with Gasteiger partial charge in [-0.05, 0) is 23.8 Å². The highest BCUT2D eigenvalue weighted by molar-refractivity contribution is 9.08. The van der Waals surface area contributed by atoms with Crippen LogP contribution in [0.1, 0.15) is 15.9 Å². The number of hydrogen-bond acceptors (Lipinski definition) is 3. The van der Waals surface area contributed by atoms with E-state index in [0.29, 0.717) is 10.9 Å². The summed E-state index contributed by atoms with van der Waals surface area (Å²) in [5, 5.41) is 13.8. The summed E-state index contributed by atoms with van der Waals surface area (Å²) in [6.07, 6.45) is 0. The second-order valence-electron chi connectivity index (χ2n) is 4.24. The van der Waals surface area contributed by atoms with Crippen molar-refractivity contribution in [2.24, 2.45) is 0 Å². The van der Waals surface area contributed by atoms with Gasteiger partial charge in [-0.25, -0.2) is 4.39 Å². The van der Waals surface area contributed by atoms with Crippen LogP contribution >= 0.6 is 15.9 Å². The van der Waals surface area contributed by atoms with Gasteiger partial charge in [0.25, 0.3) is 11.6 Å². The number of rotatable bonds is 4. The van der Waals surface area contributed by atoms with Crippen molar-refractivity contribution in [2.45, 2.75) is 5.33 Å². The topological polar surface area (TPSA) is 72.2 Å². The number of amides is 1. The van der Waals surface area contributed by atoms with E-state index in [1.54, 1.807) is 24.3 Å². The number of carbonyl (C=O) groups excluding carboxylic acids is 1. The van der Waals surface area contributed by atoms with Gasteiger partial charge in [0.1, 0.15) is 5.82 Å². The molecule has 0 spiro atoms. The number of benzene rings is 2. The van der Waals surface area contributed by atoms with E-state index in [2.05, 4.69) is 21.2 Å². The Morgan fingerprint density at radius 1 is 1.24 bits per heavy atom. The third kappa shape index (κ3) is 3.85. The molecule has 21 heavy (non-hydrogen) atoms. The zero-order valence-corrected chi connectivity index (χ0v) is 12.3. The molecule has 1 N–H and O–H groups in total. The first-order valence-corrected chi connectivity index (χ1v) is 7.03. The predicted octanol–water partition coefficient (Wildman–Crippen LogP) is 3.88. The van der Waals surface area contributed by atoms with Crippen LogP contribution in [-0.2, 0) is 5.33 Å². The number of alkyl halides is 1. The van der Waals surface area contributed by atoms with Crippen molar-refractivity contribution >= 4 is 33.2 Å². The lowest BCUT2D eigenvalue weighted by Gasteiger charge is -2.06. The molecule has 0 aliphatic rings. The molecule has 2 aromatic rings. The number of anilines is 1. The molecule has 0 aliphatic heterocycles. The third-order valence-corrected chi connectivity index (χ3v) is 3.37. The fraction of sp³-hybridized carbons (Fsp3) is 0.0714. The Labute approximate surface area is 128 Å². The first kappa shape index (κ1) is 15.1. The molecule has 0 aromatic heterocycles. The van der Waals surface area contributed by atoms with Crippen LogP contribution < -0.4 is 5.32 Å². The van der Waals surface area contributed by atoms with Gasteiger partial charge in [-0.15, -0.1) is 0 Å². The van der Waals surface area contributed by atoms with Crippen molar-refractivity contribution in [2.75, 3.05) is 5.32 Å². The highest BCUT2D eigenvalue weighted by Gasteiger charge is 2.12. The summed E-state index contributed by atoms with van der Waals surface area (Å²) < 4.78 is 13.3. The molecule has 0 bridgehead atoms. The van der Waals surface area contributed by atoms with E-state index in [1.165, 1.54) is 0 Å². The quantitative estimate of drug-likeness (QED) is 0.515. The molecule has 2 aromatic carbocycles. The molecule has 0 atom stereocenters. The zero-order valence-electron chi connectivity index (χ0n) is 10.7. The fourth-order valence-electron chi connectivity index (χ4n) is 1.70. The Bertz CT molecular complexity index is 689. The van der Waals surface area contributed by atoms with Gasteiger partial charge < -0.3 is 5.32 Å². The zero-order chi connectivity index (χ0) is 15.4. The number of non-ortho nitro benzene ring substituents is 1. The fourth-order valence-corrected chi connectivity index (χ4v) is 2.07. The molecule has 7 heteroatoms. The first-order chi connectivity index (χ1) is 9.99. The normalized spacial score (nSPS) is 10.2. The van der Waals surface area contributed by atoms with Crippen molar-refractivity contribution in [3.05, 3.63) is 69.5 Å². The van der Waals surface area contributed by atoms with Crippen molar-refractivity contribution in [3.63, 3.8) is 0 Å². The lowest BCUT2D eigenvalue weighted by molar-refractivity contribution is -0.385. The number of nitro groups is 1. The van der Waals surface area contributed by atoms with Crippen LogP contribution in [-0.4, -0.2) is 10.8 Å². The molecular weight excluding hydrogens is 343 g/mol. The smallest absolute Gasteiger partial charge is 0.274 e. The Morgan fingerprint density at radius 2 is 1.90 bits per heavy atom. The van der Waals surface area contributed by atoms with E-state index in [1.807, 2.05) is 0 Å². The van der Waals surface area contributed by atoms with Crippen LogP contribution in [0.4, 0.5) is 15.8 Å². The summed E-state index contributed by atoms with van der Waals surface area (Å²) in [6.45, 7) is 0. The number of hydrogen-bond donors (Lipinski definition) is 1. The van der Waals surface area contributed by atoms with Gasteiger partial charge in [0.2, 0.25) is 0 Å². The summed E-state index contributed by atoms with van der Waals surface area (Å²) >= 11 is 3.30. The molecule has 108 valence electrons. The summed E-state index contributed by atoms with van der Waals surface area (Å²) in [5.74, 6) is -1.25. The minimum absolute atomic E-state index is 0.0382. The second-order valence-corrected chi connectivity index (χ2v) is 4.80. The average Bonchev–Trinajstić information content (AvgIpc) is 2.46. The average molecular weight is 353 g/mol. The SMILES string of the molecule is O=C(Nc1cc(F)cc([N+](=O)[O-])c1)c1ccc(CBr)cc1. The molecule has 0 heterocycles. The Hall–Kier alpha value is -2.28. The monoisotopic (exact) mass is 352 g/mol. The van der Waals surface area contributed by atoms with E-state index >= 15 is 0 Å². The molecule has 2 rings (SSSR count). The molecule has 0 fully saturated rings. The van der Waals surface area contributed by atoms with E-state index in [9.17, 15) is 19.3 Å². The lowest BCUT2D eigenvalue weighted by atomic mass is 10.1. The van der Waals surface area contributed by atoms with Gasteiger partial charge in [0, 0.05) is 17.0 Å². The van der Waals surface area contributed by atoms with Crippen molar-refractivity contribution in [1.29, 1.82) is 0 Å². The number of nitrogens with one attached hydrogen (secondary N) is 1. The molecular formula is C14H10BrFN2O3. The highest BCUT2D eigenvalue weighted by atomic mass is 79.9. The van der Waals surface area contributed by atoms with Crippen LogP contribution in [0, 0.1) is 15.9 Å². The summed E-state index contributed by atoms with van der Waals surface area (Å²) in [7, 11) is 0. The Morgan fingerprint density at radius 3 is 2.48 bits per heavy atom. The largest absolute Gasteiger partial charge is 0.322 e. The molecule has 5 nitrogen and oxygen atoms in total. The van der Waals surface area contributed by atoms with Gasteiger partial charge in [-0.2, -0.15) is 0 Å². The number of nitro benzene ring substituents is 1. The summed E-state index contributed by atoms with van der Waals surface area (Å²) in [6, 6.07) is 9.72. The maximum Gasteiger partial charge on any atom is 0.274 e. The molecule has 0 unspecified atom stereocenters. The number of halogens is 2. The first-order valence-electron chi connectivity index (χ1n) is 5.91. The maximum atomic E-state index is 13.3. The van der Waals surface area contributed by atoms with Crippen LogP contribution in [0.25, 0.3) is 0 Å². The van der Waals surface area contributed by atoms with Gasteiger partial charge in [0.05, 0.1) is 16.7 Å². The van der Waals surface area contributed by atoms with Crippen LogP contribution in [0.5, 0.6) is 0 Å². The standard InChI is InChI=1S/C14H10BrFN2O3/c15-8-9-1-3-10(4-2-9)14(19)17-12-5-11(16)6-13(7-12)18(20)21/h1-7H,8H2,(H,17,19). The van der Waals surface area contributed by atoms with Crippen LogP contribution in [0.15, 0.2) is 42.5 Å². The van der Waals surface area contributed by atoms with Crippen LogP contribution in [0.3, 0.4) is 0 Å². The second kappa shape index (κ2) is 6.45. The van der Waals surface area contributed by atoms with Gasteiger partial charge in [0.15, 0.2) is 0 Å². The molecule has 0 radical (unpaired) electrons. The van der Waals surface area contributed by atoms with E-state index < -0.39 is 22.3 Å². The van der Waals surface area contributed by atoms with Gasteiger partial charge >= 0.3 is 0 Å². The van der Waals surface area contributed by atoms with E-state index in [4.69, 9.17) is 0 Å². The number of nitrogens with zero attached hydrogens (tertiary/aromatic N) is 1. The summed E-state index contributed by atoms with van der Waals surface area (Å²) in [4.78, 5) is 21.9. The van der Waals surface area contributed by atoms with E-state index in [-0.39, 0.29) is 5.69 Å². The lowest BCUT2D eigenvalue weighted by Crippen LogP contribution is -2.12. The van der Waals surface area contributed by atoms with Gasteiger partial charge in [-0.1, -0.05) is 28.1 Å². The minimum atomic E-state index is -0.783. The molecule has 1 amide bonds. The predicted molar refractivity (Wildman–Crippen MR) is 80.1 cm³/mol. The van der Waals surface area contributed by atoms with Crippen molar-refractivity contribution in [1.82, 2.24) is 0 Å². The Balaban J connectivity index is 2.20. The van der Waals surface area contributed by atoms with Crippen molar-refractivity contribution in [3.8, 4) is 0 Å². The molecule has 0 aliphatic carbocycles. The Kier molecular flexibility index (Phi) is 4.64. The molecule has 0 saturated heterocycles. The van der Waals surface area contributed by atoms with Crippen molar-refractivity contribution < 1.29 is 14.1 Å². The third-order valence-electron chi connectivity index (χ3n) is 2.72. The highest BCUT2D eigenvalue weighted by Crippen LogP contribution is 2.20. The van der Waals surface area contributed by atoms with E-state index in [0.717, 1.165) is 23.8 Å². The minimum Gasteiger partial charge on any atom is -0.322 e. The van der Waals surface area contributed by atoms with Gasteiger partial charge in [-0.3, -0.25) is 14.9 Å².